The fourth-order valence-corrected chi connectivity index (χ4v) is 1.61. The Hall–Kier alpha value is -0.700. The van der Waals surface area contributed by atoms with E-state index < -0.39 is 0 Å². The van der Waals surface area contributed by atoms with Crippen LogP contribution in [0.25, 0.3) is 10.9 Å². The van der Waals surface area contributed by atoms with Crippen molar-refractivity contribution in [3.63, 3.8) is 0 Å². The molecule has 0 radical (unpaired) electrons. The van der Waals surface area contributed by atoms with Gasteiger partial charge in [-0.2, -0.15) is 0 Å². The summed E-state index contributed by atoms with van der Waals surface area (Å²) in [5.74, 6) is 0. The molecule has 1 aromatic carbocycles. The van der Waals surface area contributed by atoms with Gasteiger partial charge in [0.1, 0.15) is 0 Å². The van der Waals surface area contributed by atoms with E-state index in [9.17, 15) is 0 Å². The van der Waals surface area contributed by atoms with Gasteiger partial charge >= 0.3 is 0 Å². The van der Waals surface area contributed by atoms with Gasteiger partial charge in [0.05, 0.1) is 16.7 Å². The molecule has 0 atom stereocenters. The Morgan fingerprint density at radius 2 is 1.85 bits per heavy atom. The van der Waals surface area contributed by atoms with Gasteiger partial charge in [0.2, 0.25) is 0 Å². The predicted octanol–water partition coefficient (Wildman–Crippen LogP) is 2.97. The van der Waals surface area contributed by atoms with E-state index in [4.69, 9.17) is 28.3 Å². The van der Waals surface area contributed by atoms with Crippen molar-refractivity contribution in [3.8, 4) is 0 Å². The first-order valence-electron chi connectivity index (χ1n) is 3.78. The summed E-state index contributed by atoms with van der Waals surface area (Å²) >= 11 is 11.7. The number of nitrogens with one attached hydrogen (secondary N) is 1. The van der Waals surface area contributed by atoms with Crippen molar-refractivity contribution in [1.29, 1.82) is 0 Å². The number of H-pyrrole nitrogens is 1. The van der Waals surface area contributed by atoms with Crippen LogP contribution in [-0.4, -0.2) is 10.1 Å². The molecule has 0 unspecified atom stereocenters. The second-order valence-corrected chi connectivity index (χ2v) is 3.62. The zero-order valence-corrected chi connectivity index (χ0v) is 8.15. The second kappa shape index (κ2) is 3.22. The highest BCUT2D eigenvalue weighted by Gasteiger charge is 2.03. The summed E-state index contributed by atoms with van der Waals surface area (Å²) in [6, 6.07) is 5.37. The molecule has 0 saturated heterocycles. The molecule has 13 heavy (non-hydrogen) atoms. The molecule has 2 nitrogen and oxygen atoms in total. The first kappa shape index (κ1) is 8.88. The highest BCUT2D eigenvalue weighted by atomic mass is 35.5. The molecular formula is C9H7Cl2NO. The Balaban J connectivity index is 2.70. The number of aliphatic hydroxyl groups excluding tert-OH is 1. The molecule has 1 heterocycles. The van der Waals surface area contributed by atoms with Crippen molar-refractivity contribution >= 4 is 34.1 Å². The van der Waals surface area contributed by atoms with E-state index in [1.807, 2.05) is 6.07 Å². The number of hydrogen-bond acceptors (Lipinski definition) is 1. The van der Waals surface area contributed by atoms with E-state index in [0.717, 1.165) is 16.6 Å². The maximum Gasteiger partial charge on any atom is 0.0831 e. The van der Waals surface area contributed by atoms with Crippen LogP contribution in [0.15, 0.2) is 18.2 Å². The van der Waals surface area contributed by atoms with Crippen molar-refractivity contribution in [2.24, 2.45) is 0 Å². The van der Waals surface area contributed by atoms with E-state index in [1.165, 1.54) is 0 Å². The summed E-state index contributed by atoms with van der Waals surface area (Å²) in [6.45, 7) is -0.0100. The molecule has 68 valence electrons. The minimum atomic E-state index is -0.0100. The van der Waals surface area contributed by atoms with Gasteiger partial charge in [-0.25, -0.2) is 0 Å². The highest BCUT2D eigenvalue weighted by Crippen LogP contribution is 2.27. The molecule has 0 aliphatic rings. The Labute approximate surface area is 85.1 Å². The van der Waals surface area contributed by atoms with E-state index in [2.05, 4.69) is 4.98 Å². The molecule has 0 saturated carbocycles. The molecule has 2 aromatic rings. The third-order valence-electron chi connectivity index (χ3n) is 1.89. The van der Waals surface area contributed by atoms with Crippen LogP contribution in [0.2, 0.25) is 10.0 Å². The van der Waals surface area contributed by atoms with Crippen molar-refractivity contribution in [2.75, 3.05) is 0 Å². The number of benzene rings is 1. The van der Waals surface area contributed by atoms with E-state index in [0.29, 0.717) is 10.0 Å². The van der Waals surface area contributed by atoms with E-state index in [-0.39, 0.29) is 6.61 Å². The van der Waals surface area contributed by atoms with Crippen LogP contribution in [0.1, 0.15) is 5.69 Å². The number of aromatic nitrogens is 1. The topological polar surface area (TPSA) is 36.0 Å². The van der Waals surface area contributed by atoms with Crippen molar-refractivity contribution in [2.45, 2.75) is 6.61 Å². The standard InChI is InChI=1S/C9H7Cl2NO/c10-7-2-5-1-6(4-13)12-9(5)3-8(7)11/h1-3,12-13H,4H2. The lowest BCUT2D eigenvalue weighted by Crippen LogP contribution is -1.79. The van der Waals surface area contributed by atoms with Crippen molar-refractivity contribution in [1.82, 2.24) is 4.98 Å². The van der Waals surface area contributed by atoms with Crippen LogP contribution in [0.3, 0.4) is 0 Å². The Bertz CT molecular complexity index is 411. The predicted molar refractivity (Wildman–Crippen MR) is 54.2 cm³/mol. The van der Waals surface area contributed by atoms with Gasteiger partial charge in [-0.3, -0.25) is 0 Å². The summed E-state index contributed by atoms with van der Waals surface area (Å²) in [6.07, 6.45) is 0. The maximum atomic E-state index is 8.88. The molecule has 0 amide bonds. The summed E-state index contributed by atoms with van der Waals surface area (Å²) in [4.78, 5) is 3.02. The smallest absolute Gasteiger partial charge is 0.0831 e. The third kappa shape index (κ3) is 1.53. The van der Waals surface area contributed by atoms with Gasteiger partial charge in [0, 0.05) is 16.6 Å². The Kier molecular flexibility index (Phi) is 2.20. The summed E-state index contributed by atoms with van der Waals surface area (Å²) < 4.78 is 0. The summed E-state index contributed by atoms with van der Waals surface area (Å²) in [5, 5.41) is 10.9. The maximum absolute atomic E-state index is 8.88. The lowest BCUT2D eigenvalue weighted by atomic mass is 10.2. The number of halogens is 2. The van der Waals surface area contributed by atoms with Crippen LogP contribution in [0, 0.1) is 0 Å². The monoisotopic (exact) mass is 215 g/mol. The van der Waals surface area contributed by atoms with Gasteiger partial charge in [-0.15, -0.1) is 0 Å². The molecular weight excluding hydrogens is 209 g/mol. The van der Waals surface area contributed by atoms with Crippen LogP contribution in [0.5, 0.6) is 0 Å². The fourth-order valence-electron chi connectivity index (χ4n) is 1.27. The Morgan fingerprint density at radius 3 is 2.54 bits per heavy atom. The molecule has 4 heteroatoms. The second-order valence-electron chi connectivity index (χ2n) is 2.81. The van der Waals surface area contributed by atoms with Gasteiger partial charge in [0.15, 0.2) is 0 Å². The highest BCUT2D eigenvalue weighted by molar-refractivity contribution is 6.42. The van der Waals surface area contributed by atoms with Gasteiger partial charge in [0.25, 0.3) is 0 Å². The van der Waals surface area contributed by atoms with Crippen molar-refractivity contribution < 1.29 is 5.11 Å². The zero-order chi connectivity index (χ0) is 9.42. The summed E-state index contributed by atoms with van der Waals surface area (Å²) in [7, 11) is 0. The van der Waals surface area contributed by atoms with Crippen molar-refractivity contribution in [3.05, 3.63) is 33.9 Å². The van der Waals surface area contributed by atoms with Gasteiger partial charge < -0.3 is 10.1 Å². The normalized spacial score (nSPS) is 11.0. The number of aliphatic hydroxyl groups is 1. The molecule has 2 N–H and O–H groups in total. The number of rotatable bonds is 1. The lowest BCUT2D eigenvalue weighted by molar-refractivity contribution is 0.278. The number of hydrogen-bond donors (Lipinski definition) is 2. The molecule has 0 bridgehead atoms. The molecule has 2 rings (SSSR count). The third-order valence-corrected chi connectivity index (χ3v) is 2.61. The van der Waals surface area contributed by atoms with Gasteiger partial charge in [-0.05, 0) is 18.2 Å². The number of fused-ring (bicyclic) bond motifs is 1. The van der Waals surface area contributed by atoms with Gasteiger partial charge in [-0.1, -0.05) is 23.2 Å². The fraction of sp³-hybridized carbons (Fsp3) is 0.111. The molecule has 0 spiro atoms. The average Bonchev–Trinajstić information content (AvgIpc) is 2.48. The quantitative estimate of drug-likeness (QED) is 0.755. The van der Waals surface area contributed by atoms with Crippen LogP contribution in [0.4, 0.5) is 0 Å². The lowest BCUT2D eigenvalue weighted by Gasteiger charge is -1.94. The largest absolute Gasteiger partial charge is 0.390 e. The number of aromatic amines is 1. The minimum absolute atomic E-state index is 0.0100. The SMILES string of the molecule is OCc1cc2cc(Cl)c(Cl)cc2[nH]1. The molecule has 0 aliphatic heterocycles. The van der Waals surface area contributed by atoms with Crippen LogP contribution >= 0.6 is 23.2 Å². The Morgan fingerprint density at radius 1 is 1.15 bits per heavy atom. The minimum Gasteiger partial charge on any atom is -0.390 e. The molecule has 0 fully saturated rings. The van der Waals surface area contributed by atoms with Crippen LogP contribution < -0.4 is 0 Å². The molecule has 1 aromatic heterocycles. The average molecular weight is 216 g/mol. The van der Waals surface area contributed by atoms with Crippen LogP contribution in [-0.2, 0) is 6.61 Å². The molecule has 0 aliphatic carbocycles. The van der Waals surface area contributed by atoms with E-state index in [1.54, 1.807) is 12.1 Å². The first-order valence-corrected chi connectivity index (χ1v) is 4.54. The zero-order valence-electron chi connectivity index (χ0n) is 6.64. The summed E-state index contributed by atoms with van der Waals surface area (Å²) in [5.41, 5.74) is 1.65. The first-order chi connectivity index (χ1) is 6.20. The van der Waals surface area contributed by atoms with E-state index >= 15 is 0 Å².